The molecule has 0 spiro atoms. The first kappa shape index (κ1) is 62.7. The van der Waals surface area contributed by atoms with Crippen molar-refractivity contribution in [1.82, 2.24) is 0 Å². The number of ether oxygens (including phenoxy) is 5. The number of hydrogen-bond donors (Lipinski definition) is 0. The molecule has 6 rings (SSSR count). The van der Waals surface area contributed by atoms with Crippen LogP contribution in [-0.4, -0.2) is 74.5 Å². The van der Waals surface area contributed by atoms with Crippen LogP contribution in [0.25, 0.3) is 4.72 Å². The molecule has 1 heterocycles. The van der Waals surface area contributed by atoms with Crippen molar-refractivity contribution in [2.75, 3.05) is 66.1 Å². The summed E-state index contributed by atoms with van der Waals surface area (Å²) >= 11 is 0. The van der Waals surface area contributed by atoms with Crippen molar-refractivity contribution in [1.29, 1.82) is 0 Å². The van der Waals surface area contributed by atoms with Crippen LogP contribution < -0.4 is 29.6 Å². The fourth-order valence-corrected chi connectivity index (χ4v) is 8.40. The normalized spacial score (nSPS) is 13.7. The Bertz CT molecular complexity index is 1940. The van der Waals surface area contributed by atoms with Gasteiger partial charge in [0.15, 0.2) is 0 Å². The Kier molecular flexibility index (Phi) is 32.9. The second kappa shape index (κ2) is 35.7. The van der Waals surface area contributed by atoms with Gasteiger partial charge in [0.05, 0.1) is 71.0 Å². The first-order chi connectivity index (χ1) is 32.0. The van der Waals surface area contributed by atoms with Gasteiger partial charge in [-0.2, -0.15) is 0 Å². The van der Waals surface area contributed by atoms with Gasteiger partial charge < -0.3 is 28.4 Å². The maximum absolute atomic E-state index is 13.9. The molecular formula is C58H84NNaO7S. The van der Waals surface area contributed by atoms with Gasteiger partial charge in [0, 0.05) is 0 Å². The van der Waals surface area contributed by atoms with Gasteiger partial charge in [-0.3, -0.25) is 0 Å². The molecule has 1 fully saturated rings. The minimum atomic E-state index is -3.89. The molecular weight excluding hydrogens is 878 g/mol. The number of rotatable bonds is 8. The van der Waals surface area contributed by atoms with Crippen molar-refractivity contribution < 1.29 is 61.7 Å². The molecule has 370 valence electrons. The van der Waals surface area contributed by atoms with Crippen LogP contribution in [0.2, 0.25) is 0 Å². The summed E-state index contributed by atoms with van der Waals surface area (Å²) in [7, 11) is -3.89. The number of benzene rings is 5. The average Bonchev–Trinajstić information content (AvgIpc) is 3.30. The third kappa shape index (κ3) is 25.5. The van der Waals surface area contributed by atoms with Crippen molar-refractivity contribution in [2.24, 2.45) is 0 Å². The van der Waals surface area contributed by atoms with Crippen molar-refractivity contribution in [3.63, 3.8) is 0 Å². The van der Waals surface area contributed by atoms with Gasteiger partial charge in [0.25, 0.3) is 0 Å². The number of sulfonamides is 1. The Morgan fingerprint density at radius 2 is 0.647 bits per heavy atom. The first-order valence-corrected chi connectivity index (χ1v) is 25.6. The Morgan fingerprint density at radius 3 is 0.853 bits per heavy atom. The molecule has 0 unspecified atom stereocenters. The molecule has 10 heteroatoms. The molecule has 1 saturated heterocycles. The quantitative estimate of drug-likeness (QED) is 0.143. The number of hydrogen-bond acceptors (Lipinski definition) is 7. The van der Waals surface area contributed by atoms with Gasteiger partial charge in [-0.15, -0.1) is 5.69 Å². The molecule has 0 bridgehead atoms. The maximum atomic E-state index is 13.9. The second-order valence-electron chi connectivity index (χ2n) is 18.2. The molecule has 0 atom stereocenters. The van der Waals surface area contributed by atoms with Gasteiger partial charge in [-0.25, -0.2) is 8.42 Å². The Labute approximate surface area is 435 Å². The summed E-state index contributed by atoms with van der Waals surface area (Å²) in [5.74, 6) is 0.871. The molecule has 1 aliphatic heterocycles. The van der Waals surface area contributed by atoms with E-state index >= 15 is 0 Å². The molecule has 68 heavy (non-hydrogen) atoms. The number of aryl methyl sites for hydroxylation is 3. The summed E-state index contributed by atoms with van der Waals surface area (Å²) in [5.41, 5.74) is 9.45. The molecule has 0 aliphatic carbocycles. The van der Waals surface area contributed by atoms with E-state index in [1.54, 1.807) is 0 Å². The fourth-order valence-electron chi connectivity index (χ4n) is 6.67. The standard InChI is InChI=1S/C27H40NO2S.C10H20O5.3C7H8.Na/c1-16(2)21-14-24(19(7)8)27(25(15-21)20(9)10)31(29,30)28-26-22(17(3)4)12-11-13-23(26)18(5)6;1-2-12-5-6-14-9-10-15-8-7-13-4-3-11-1;3*1-7-5-3-2-4-6-7;/h11-20H,1-10H3;1-10H2;3*2-6H,1H3;/q-1;;;;;+1. The van der Waals surface area contributed by atoms with Crippen LogP contribution in [-0.2, 0) is 33.7 Å². The molecule has 0 saturated carbocycles. The van der Waals surface area contributed by atoms with Gasteiger partial charge in [0.2, 0.25) is 0 Å². The molecule has 0 N–H and O–H groups in total. The molecule has 1 aliphatic rings. The van der Waals surface area contributed by atoms with Crippen LogP contribution in [0.15, 0.2) is 126 Å². The molecule has 5 aromatic carbocycles. The van der Waals surface area contributed by atoms with Crippen molar-refractivity contribution >= 4 is 15.7 Å². The zero-order valence-electron chi connectivity index (χ0n) is 44.2. The fraction of sp³-hybridized carbons (Fsp3) is 0.483. The summed E-state index contributed by atoms with van der Waals surface area (Å²) in [4.78, 5) is 0.398. The van der Waals surface area contributed by atoms with E-state index < -0.39 is 10.0 Å². The molecule has 0 amide bonds. The van der Waals surface area contributed by atoms with E-state index in [2.05, 4.69) is 143 Å². The van der Waals surface area contributed by atoms with Crippen molar-refractivity contribution in [2.45, 2.75) is 124 Å². The minimum absolute atomic E-state index is 0. The largest absolute Gasteiger partial charge is 1.00 e. The van der Waals surface area contributed by atoms with Gasteiger partial charge in [-0.1, -0.05) is 218 Å². The van der Waals surface area contributed by atoms with Gasteiger partial charge in [0.1, 0.15) is 10.0 Å². The number of nitrogens with zero attached hydrogens (tertiary/aromatic N) is 1. The topological polar surface area (TPSA) is 94.4 Å². The summed E-state index contributed by atoms with van der Waals surface area (Å²) in [6, 6.07) is 40.9. The van der Waals surface area contributed by atoms with E-state index in [1.807, 2.05) is 72.8 Å². The van der Waals surface area contributed by atoms with Crippen LogP contribution in [0.3, 0.4) is 0 Å². The monoisotopic (exact) mass is 962 g/mol. The van der Waals surface area contributed by atoms with Crippen LogP contribution in [0.5, 0.6) is 0 Å². The molecule has 0 radical (unpaired) electrons. The zero-order chi connectivity index (χ0) is 49.6. The smallest absolute Gasteiger partial charge is 0.572 e. The Morgan fingerprint density at radius 1 is 0.382 bits per heavy atom. The summed E-state index contributed by atoms with van der Waals surface area (Å²) in [6.07, 6.45) is 0. The SMILES string of the molecule is C1COCCOCCOCCOCCO1.CC(C)c1cc(C(C)C)c(S(=O)(=O)[N-]c2c(C(C)C)cccc2C(C)C)c(C(C)C)c1.Cc1ccccc1.Cc1ccccc1.Cc1ccccc1.[Na+]. The van der Waals surface area contributed by atoms with E-state index in [4.69, 9.17) is 23.7 Å². The third-order valence-electron chi connectivity index (χ3n) is 10.6. The van der Waals surface area contributed by atoms with Crippen LogP contribution in [0.4, 0.5) is 5.69 Å². The predicted octanol–water partition coefficient (Wildman–Crippen LogP) is 11.8. The third-order valence-corrected chi connectivity index (χ3v) is 12.0. The van der Waals surface area contributed by atoms with Crippen LogP contribution in [0, 0.1) is 20.8 Å². The maximum Gasteiger partial charge on any atom is 1.00 e. The van der Waals surface area contributed by atoms with Gasteiger partial charge >= 0.3 is 29.6 Å². The van der Waals surface area contributed by atoms with Crippen molar-refractivity contribution in [3.8, 4) is 0 Å². The summed E-state index contributed by atoms with van der Waals surface area (Å²) in [5, 5.41) is 0. The first-order valence-electron chi connectivity index (χ1n) is 24.2. The van der Waals surface area contributed by atoms with E-state index in [-0.39, 0.29) is 53.2 Å². The average molecular weight is 962 g/mol. The molecule has 8 nitrogen and oxygen atoms in total. The van der Waals surface area contributed by atoms with E-state index in [0.717, 1.165) is 22.3 Å². The summed E-state index contributed by atoms with van der Waals surface area (Å²) < 4.78 is 58.8. The Balaban J connectivity index is 0.000000507. The Hall–Kier alpha value is -3.35. The molecule has 0 aromatic heterocycles. The van der Waals surface area contributed by atoms with E-state index in [0.29, 0.717) is 82.6 Å². The second-order valence-corrected chi connectivity index (χ2v) is 19.7. The van der Waals surface area contributed by atoms with Gasteiger partial charge in [-0.05, 0) is 67.1 Å². The van der Waals surface area contributed by atoms with E-state index in [1.165, 1.54) is 22.3 Å². The summed E-state index contributed by atoms with van der Waals surface area (Å²) in [6.45, 7) is 33.2. The van der Waals surface area contributed by atoms with E-state index in [9.17, 15) is 8.42 Å². The van der Waals surface area contributed by atoms with Crippen LogP contribution in [0.1, 0.15) is 143 Å². The minimum Gasteiger partial charge on any atom is -0.572 e. The van der Waals surface area contributed by atoms with Crippen LogP contribution >= 0.6 is 0 Å². The zero-order valence-corrected chi connectivity index (χ0v) is 47.0. The predicted molar refractivity (Wildman–Crippen MR) is 281 cm³/mol. The van der Waals surface area contributed by atoms with Crippen molar-refractivity contribution in [3.05, 3.63) is 171 Å². The molecule has 5 aromatic rings.